The molecule has 4 nitrogen and oxygen atoms in total. The number of nitrogens with zero attached hydrogens (tertiary/aromatic N) is 2. The Hall–Kier alpha value is -1.23. The van der Waals surface area contributed by atoms with Crippen molar-refractivity contribution in [3.8, 4) is 11.3 Å². The summed E-state index contributed by atoms with van der Waals surface area (Å²) >= 11 is 12.3. The van der Waals surface area contributed by atoms with Crippen LogP contribution in [-0.4, -0.2) is 36.4 Å². The molecule has 1 aliphatic rings. The van der Waals surface area contributed by atoms with Crippen LogP contribution in [0.5, 0.6) is 0 Å². The molecule has 2 heterocycles. The number of anilines is 1. The minimum absolute atomic E-state index is 0.666. The van der Waals surface area contributed by atoms with Gasteiger partial charge in [-0.15, -0.1) is 0 Å². The summed E-state index contributed by atoms with van der Waals surface area (Å²) in [6, 6.07) is 7.47. The minimum Gasteiger partial charge on any atom is -0.354 e. The van der Waals surface area contributed by atoms with Gasteiger partial charge in [0.15, 0.2) is 5.82 Å². The number of nitrogens with one attached hydrogen (secondary N) is 2. The van der Waals surface area contributed by atoms with Crippen molar-refractivity contribution in [1.82, 2.24) is 15.5 Å². The van der Waals surface area contributed by atoms with E-state index in [1.807, 2.05) is 12.1 Å². The number of hydrogen-bond donors (Lipinski definition) is 2. The molecule has 0 spiro atoms. The fourth-order valence-corrected chi connectivity index (χ4v) is 2.78. The zero-order valence-corrected chi connectivity index (χ0v) is 12.5. The van der Waals surface area contributed by atoms with Crippen molar-refractivity contribution in [3.63, 3.8) is 0 Å². The van der Waals surface area contributed by atoms with E-state index >= 15 is 0 Å². The number of halogens is 2. The smallest absolute Gasteiger partial charge is 0.151 e. The topological polar surface area (TPSA) is 44.0 Å². The molecule has 2 N–H and O–H groups in total. The van der Waals surface area contributed by atoms with Crippen LogP contribution in [0, 0.1) is 0 Å². The quantitative estimate of drug-likeness (QED) is 0.895. The van der Waals surface area contributed by atoms with Crippen LogP contribution in [0.1, 0.15) is 6.42 Å². The maximum atomic E-state index is 6.22. The monoisotopic (exact) mass is 310 g/mol. The van der Waals surface area contributed by atoms with Crippen molar-refractivity contribution < 1.29 is 0 Å². The summed E-state index contributed by atoms with van der Waals surface area (Å²) in [7, 11) is 0. The van der Waals surface area contributed by atoms with Gasteiger partial charge in [0.2, 0.25) is 0 Å². The average Bonchev–Trinajstić information content (AvgIpc) is 2.77. The van der Waals surface area contributed by atoms with Crippen molar-refractivity contribution >= 4 is 29.0 Å². The molecule has 0 saturated carbocycles. The Balaban J connectivity index is 1.87. The van der Waals surface area contributed by atoms with Gasteiger partial charge in [0.25, 0.3) is 0 Å². The van der Waals surface area contributed by atoms with Gasteiger partial charge in [-0.1, -0.05) is 23.2 Å². The highest BCUT2D eigenvalue weighted by Gasteiger charge is 2.14. The standard InChI is InChI=1S/C14H16Cl2N4/c15-10-2-3-12(16)11(8-10)13-9-14(19-18-13)20-6-1-4-17-5-7-20/h2-3,8-9,17H,1,4-7H2,(H,18,19). The molecule has 0 aliphatic carbocycles. The summed E-state index contributed by atoms with van der Waals surface area (Å²) < 4.78 is 0. The minimum atomic E-state index is 0.666. The summed E-state index contributed by atoms with van der Waals surface area (Å²) in [5, 5.41) is 12.2. The second kappa shape index (κ2) is 6.04. The van der Waals surface area contributed by atoms with Crippen LogP contribution in [0.2, 0.25) is 10.0 Å². The molecule has 1 aliphatic heterocycles. The Morgan fingerprint density at radius 1 is 1.10 bits per heavy atom. The Kier molecular flexibility index (Phi) is 4.15. The third-order valence-electron chi connectivity index (χ3n) is 3.45. The van der Waals surface area contributed by atoms with Crippen molar-refractivity contribution in [1.29, 1.82) is 0 Å². The van der Waals surface area contributed by atoms with Gasteiger partial charge in [-0.05, 0) is 31.2 Å². The molecule has 0 radical (unpaired) electrons. The second-order valence-electron chi connectivity index (χ2n) is 4.85. The first kappa shape index (κ1) is 13.7. The fourth-order valence-electron chi connectivity index (χ4n) is 2.39. The largest absolute Gasteiger partial charge is 0.354 e. The highest BCUT2D eigenvalue weighted by atomic mass is 35.5. The van der Waals surface area contributed by atoms with Gasteiger partial charge in [-0.3, -0.25) is 5.10 Å². The molecule has 1 aromatic carbocycles. The van der Waals surface area contributed by atoms with E-state index in [0.29, 0.717) is 10.0 Å². The molecule has 0 unspecified atom stereocenters. The maximum Gasteiger partial charge on any atom is 0.151 e. The van der Waals surface area contributed by atoms with E-state index < -0.39 is 0 Å². The fraction of sp³-hybridized carbons (Fsp3) is 0.357. The normalized spacial score (nSPS) is 16.2. The highest BCUT2D eigenvalue weighted by Crippen LogP contribution is 2.31. The number of aromatic nitrogens is 2. The Morgan fingerprint density at radius 3 is 2.90 bits per heavy atom. The molecule has 20 heavy (non-hydrogen) atoms. The molecule has 106 valence electrons. The first-order valence-corrected chi connectivity index (χ1v) is 7.46. The van der Waals surface area contributed by atoms with Gasteiger partial charge >= 0.3 is 0 Å². The third kappa shape index (κ3) is 2.92. The van der Waals surface area contributed by atoms with E-state index in [9.17, 15) is 0 Å². The maximum absolute atomic E-state index is 6.22. The molecule has 1 aromatic heterocycles. The summed E-state index contributed by atoms with van der Waals surface area (Å²) in [6.07, 6.45) is 1.13. The predicted octanol–water partition coefficient (Wildman–Crippen LogP) is 3.18. The van der Waals surface area contributed by atoms with Crippen molar-refractivity contribution in [2.75, 3.05) is 31.1 Å². The Bertz CT molecular complexity index is 589. The van der Waals surface area contributed by atoms with Gasteiger partial charge in [0.05, 0.1) is 10.7 Å². The van der Waals surface area contributed by atoms with E-state index in [2.05, 4.69) is 20.4 Å². The van der Waals surface area contributed by atoms with Crippen LogP contribution in [0.25, 0.3) is 11.3 Å². The molecule has 0 atom stereocenters. The molecule has 0 amide bonds. The van der Waals surface area contributed by atoms with Crippen LogP contribution in [-0.2, 0) is 0 Å². The molecular formula is C14H16Cl2N4. The lowest BCUT2D eigenvalue weighted by Crippen LogP contribution is -2.28. The zero-order valence-electron chi connectivity index (χ0n) is 11.0. The van der Waals surface area contributed by atoms with E-state index in [1.54, 1.807) is 12.1 Å². The Labute approximate surface area is 128 Å². The van der Waals surface area contributed by atoms with Gasteiger partial charge in [0, 0.05) is 36.3 Å². The van der Waals surface area contributed by atoms with Crippen LogP contribution >= 0.6 is 23.2 Å². The van der Waals surface area contributed by atoms with E-state index in [4.69, 9.17) is 23.2 Å². The first-order chi connectivity index (χ1) is 9.74. The third-order valence-corrected chi connectivity index (χ3v) is 4.01. The molecule has 0 bridgehead atoms. The lowest BCUT2D eigenvalue weighted by Gasteiger charge is -2.18. The number of rotatable bonds is 2. The van der Waals surface area contributed by atoms with Crippen molar-refractivity contribution in [3.05, 3.63) is 34.3 Å². The molecule has 6 heteroatoms. The molecule has 1 saturated heterocycles. The Morgan fingerprint density at radius 2 is 2.00 bits per heavy atom. The van der Waals surface area contributed by atoms with E-state index in [1.165, 1.54) is 0 Å². The number of hydrogen-bond acceptors (Lipinski definition) is 3. The van der Waals surface area contributed by atoms with Gasteiger partial charge in [-0.25, -0.2) is 0 Å². The molecule has 1 fully saturated rings. The van der Waals surface area contributed by atoms with Gasteiger partial charge in [0.1, 0.15) is 0 Å². The first-order valence-electron chi connectivity index (χ1n) is 6.70. The predicted molar refractivity (Wildman–Crippen MR) is 83.7 cm³/mol. The van der Waals surface area contributed by atoms with E-state index in [0.717, 1.165) is 49.7 Å². The number of benzene rings is 1. The summed E-state index contributed by atoms with van der Waals surface area (Å²) in [4.78, 5) is 2.28. The summed E-state index contributed by atoms with van der Waals surface area (Å²) in [6.45, 7) is 4.03. The SMILES string of the molecule is Clc1ccc(Cl)c(-c2cc(N3CCCNCC3)n[nH]2)c1. The van der Waals surface area contributed by atoms with Gasteiger partial charge in [-0.2, -0.15) is 5.10 Å². The second-order valence-corrected chi connectivity index (χ2v) is 5.70. The van der Waals surface area contributed by atoms with Crippen molar-refractivity contribution in [2.45, 2.75) is 6.42 Å². The number of H-pyrrole nitrogens is 1. The highest BCUT2D eigenvalue weighted by molar-refractivity contribution is 6.35. The van der Waals surface area contributed by atoms with Crippen LogP contribution in [0.15, 0.2) is 24.3 Å². The van der Waals surface area contributed by atoms with E-state index in [-0.39, 0.29) is 0 Å². The lowest BCUT2D eigenvalue weighted by atomic mass is 10.1. The average molecular weight is 311 g/mol. The molecular weight excluding hydrogens is 295 g/mol. The van der Waals surface area contributed by atoms with Gasteiger partial charge < -0.3 is 10.2 Å². The van der Waals surface area contributed by atoms with Crippen LogP contribution < -0.4 is 10.2 Å². The number of aromatic amines is 1. The van der Waals surface area contributed by atoms with Crippen molar-refractivity contribution in [2.24, 2.45) is 0 Å². The lowest BCUT2D eigenvalue weighted by molar-refractivity contribution is 0.724. The van der Waals surface area contributed by atoms with Crippen LogP contribution in [0.4, 0.5) is 5.82 Å². The summed E-state index contributed by atoms with van der Waals surface area (Å²) in [5.41, 5.74) is 1.77. The van der Waals surface area contributed by atoms with Crippen LogP contribution in [0.3, 0.4) is 0 Å². The zero-order chi connectivity index (χ0) is 13.9. The molecule has 2 aromatic rings. The summed E-state index contributed by atoms with van der Waals surface area (Å²) in [5.74, 6) is 0.958. The molecule has 3 rings (SSSR count).